The van der Waals surface area contributed by atoms with Gasteiger partial charge < -0.3 is 4.74 Å². The maximum Gasteiger partial charge on any atom is 0.421 e. The van der Waals surface area contributed by atoms with Crippen molar-refractivity contribution in [2.45, 2.75) is 6.10 Å². The molecule has 0 saturated carbocycles. The van der Waals surface area contributed by atoms with Gasteiger partial charge in [-0.1, -0.05) is 48.5 Å². The zero-order chi connectivity index (χ0) is 16.7. The van der Waals surface area contributed by atoms with E-state index in [2.05, 4.69) is 0 Å². The van der Waals surface area contributed by atoms with Crippen LogP contribution in [-0.4, -0.2) is 11.9 Å². The van der Waals surface area contributed by atoms with E-state index in [4.69, 9.17) is 10.1 Å². The van der Waals surface area contributed by atoms with Crippen molar-refractivity contribution in [1.82, 2.24) is 0 Å². The lowest BCUT2D eigenvalue weighted by Crippen LogP contribution is -2.28. The van der Waals surface area contributed by atoms with Crippen LogP contribution < -0.4 is 4.90 Å². The smallest absolute Gasteiger partial charge is 0.421 e. The lowest BCUT2D eigenvalue weighted by molar-refractivity contribution is 0.153. The summed E-state index contributed by atoms with van der Waals surface area (Å²) in [7, 11) is 0. The minimum atomic E-state index is -0.813. The minimum absolute atomic E-state index is 0.0260. The molecule has 4 nitrogen and oxygen atoms in total. The van der Waals surface area contributed by atoms with Gasteiger partial charge >= 0.3 is 6.09 Å². The predicted octanol–water partition coefficient (Wildman–Crippen LogP) is 4.65. The van der Waals surface area contributed by atoms with Gasteiger partial charge in [-0.2, -0.15) is 0 Å². The maximum absolute atomic E-state index is 13.5. The van der Waals surface area contributed by atoms with Gasteiger partial charge in [-0.3, -0.25) is 5.41 Å². The van der Waals surface area contributed by atoms with Crippen molar-refractivity contribution >= 4 is 28.4 Å². The fourth-order valence-corrected chi connectivity index (χ4v) is 2.97. The predicted molar refractivity (Wildman–Crippen MR) is 89.8 cm³/mol. The van der Waals surface area contributed by atoms with Gasteiger partial charge in [-0.25, -0.2) is 14.1 Å². The van der Waals surface area contributed by atoms with Crippen LogP contribution >= 0.6 is 0 Å². The molecule has 1 aliphatic heterocycles. The molecule has 3 aromatic rings. The van der Waals surface area contributed by atoms with Gasteiger partial charge in [-0.05, 0) is 29.0 Å². The lowest BCUT2D eigenvalue weighted by Gasteiger charge is -2.15. The zero-order valence-electron chi connectivity index (χ0n) is 12.6. The Balaban J connectivity index is 1.78. The normalized spacial score (nSPS) is 17.4. The second-order valence-electron chi connectivity index (χ2n) is 5.53. The number of nitrogens with one attached hydrogen (secondary N) is 1. The third-order valence-electron chi connectivity index (χ3n) is 4.06. The number of ether oxygens (including phenoxy) is 1. The third-order valence-corrected chi connectivity index (χ3v) is 4.06. The molecular weight excluding hydrogens is 307 g/mol. The molecule has 0 spiro atoms. The molecular formula is C19H13FN2O2. The van der Waals surface area contributed by atoms with E-state index in [-0.39, 0.29) is 11.5 Å². The Morgan fingerprint density at radius 2 is 1.75 bits per heavy atom. The summed E-state index contributed by atoms with van der Waals surface area (Å²) in [6.07, 6.45) is -1.49. The fraction of sp³-hybridized carbons (Fsp3) is 0.0526. The highest BCUT2D eigenvalue weighted by molar-refractivity contribution is 6.20. The lowest BCUT2D eigenvalue weighted by atomic mass is 10.00. The standard InChI is InChI=1S/C19H13FN2O2/c20-13-7-4-8-14(11-13)22-18(21)17(24-19(22)23)16-10-3-6-12-5-1-2-9-15(12)16/h1-11,17,21H. The van der Waals surface area contributed by atoms with E-state index in [1.165, 1.54) is 18.2 Å². The molecule has 4 rings (SSSR count). The van der Waals surface area contributed by atoms with Gasteiger partial charge in [0.05, 0.1) is 5.69 Å². The monoisotopic (exact) mass is 320 g/mol. The summed E-state index contributed by atoms with van der Waals surface area (Å²) in [4.78, 5) is 13.3. The Morgan fingerprint density at radius 1 is 1.00 bits per heavy atom. The Hall–Kier alpha value is -3.21. The second kappa shape index (κ2) is 5.45. The van der Waals surface area contributed by atoms with Gasteiger partial charge in [0.15, 0.2) is 11.9 Å². The average molecular weight is 320 g/mol. The number of halogens is 1. The number of hydrogen-bond acceptors (Lipinski definition) is 3. The molecule has 0 radical (unpaired) electrons. The van der Waals surface area contributed by atoms with Crippen LogP contribution in [0.5, 0.6) is 0 Å². The SMILES string of the molecule is N=C1C(c2cccc3ccccc23)OC(=O)N1c1cccc(F)c1. The largest absolute Gasteiger partial charge is 0.432 e. The molecule has 1 unspecified atom stereocenters. The van der Waals surface area contributed by atoms with Crippen molar-refractivity contribution in [1.29, 1.82) is 5.41 Å². The van der Waals surface area contributed by atoms with E-state index in [9.17, 15) is 9.18 Å². The number of fused-ring (bicyclic) bond motifs is 1. The highest BCUT2D eigenvalue weighted by atomic mass is 19.1. The molecule has 5 heteroatoms. The third kappa shape index (κ3) is 2.22. The highest BCUT2D eigenvalue weighted by Gasteiger charge is 2.40. The number of hydrogen-bond donors (Lipinski definition) is 1. The van der Waals surface area contributed by atoms with Gasteiger partial charge in [0, 0.05) is 5.56 Å². The van der Waals surface area contributed by atoms with Crippen LogP contribution in [0, 0.1) is 11.2 Å². The number of nitrogens with zero attached hydrogens (tertiary/aromatic N) is 1. The van der Waals surface area contributed by atoms with Crippen LogP contribution in [-0.2, 0) is 4.74 Å². The summed E-state index contributed by atoms with van der Waals surface area (Å²) < 4.78 is 18.9. The number of benzene rings is 3. The Bertz CT molecular complexity index is 965. The van der Waals surface area contributed by atoms with Gasteiger partial charge in [-0.15, -0.1) is 0 Å². The Morgan fingerprint density at radius 3 is 2.58 bits per heavy atom. The molecule has 1 aliphatic rings. The summed E-state index contributed by atoms with van der Waals surface area (Å²) in [5.41, 5.74) is 1.03. The van der Waals surface area contributed by atoms with Crippen LogP contribution in [0.25, 0.3) is 10.8 Å². The van der Waals surface area contributed by atoms with E-state index in [0.29, 0.717) is 0 Å². The molecule has 1 heterocycles. The molecule has 0 aliphatic carbocycles. The molecule has 1 N–H and O–H groups in total. The first-order valence-electron chi connectivity index (χ1n) is 7.47. The highest BCUT2D eigenvalue weighted by Crippen LogP contribution is 2.35. The number of carbonyl (C=O) groups excluding carboxylic acids is 1. The van der Waals surface area contributed by atoms with Crippen LogP contribution in [0.15, 0.2) is 66.7 Å². The molecule has 1 atom stereocenters. The molecule has 3 aromatic carbocycles. The van der Waals surface area contributed by atoms with Crippen molar-refractivity contribution in [2.75, 3.05) is 4.90 Å². The number of amidine groups is 1. The van der Waals surface area contributed by atoms with Crippen molar-refractivity contribution in [3.05, 3.63) is 78.1 Å². The summed E-state index contributed by atoms with van der Waals surface area (Å²) in [6.45, 7) is 0. The van der Waals surface area contributed by atoms with E-state index in [1.807, 2.05) is 42.5 Å². The van der Waals surface area contributed by atoms with Crippen LogP contribution in [0.1, 0.15) is 11.7 Å². The molecule has 0 aromatic heterocycles. The molecule has 24 heavy (non-hydrogen) atoms. The molecule has 1 fully saturated rings. The minimum Gasteiger partial charge on any atom is -0.432 e. The van der Waals surface area contributed by atoms with Crippen molar-refractivity contribution < 1.29 is 13.9 Å². The van der Waals surface area contributed by atoms with Crippen LogP contribution in [0.2, 0.25) is 0 Å². The Labute approximate surface area is 137 Å². The number of anilines is 1. The first-order chi connectivity index (χ1) is 11.6. The van der Waals surface area contributed by atoms with Gasteiger partial charge in [0.2, 0.25) is 0 Å². The Kier molecular flexibility index (Phi) is 3.27. The van der Waals surface area contributed by atoms with Gasteiger partial charge in [0.1, 0.15) is 5.82 Å². The van der Waals surface area contributed by atoms with E-state index < -0.39 is 18.0 Å². The first-order valence-corrected chi connectivity index (χ1v) is 7.47. The zero-order valence-corrected chi connectivity index (χ0v) is 12.6. The van der Waals surface area contributed by atoms with Crippen molar-refractivity contribution in [3.8, 4) is 0 Å². The second-order valence-corrected chi connectivity index (χ2v) is 5.53. The molecule has 1 amide bonds. The summed E-state index contributed by atoms with van der Waals surface area (Å²) in [5, 5.41) is 10.3. The first kappa shape index (κ1) is 14.4. The topological polar surface area (TPSA) is 53.4 Å². The molecule has 118 valence electrons. The van der Waals surface area contributed by atoms with Crippen LogP contribution in [0.3, 0.4) is 0 Å². The number of carbonyl (C=O) groups is 1. The van der Waals surface area contributed by atoms with E-state index in [1.54, 1.807) is 6.07 Å². The summed E-state index contributed by atoms with van der Waals surface area (Å²) in [6, 6.07) is 18.9. The van der Waals surface area contributed by atoms with Crippen molar-refractivity contribution in [2.24, 2.45) is 0 Å². The van der Waals surface area contributed by atoms with Crippen molar-refractivity contribution in [3.63, 3.8) is 0 Å². The summed E-state index contributed by atoms with van der Waals surface area (Å²) >= 11 is 0. The van der Waals surface area contributed by atoms with Gasteiger partial charge in [0.25, 0.3) is 0 Å². The summed E-state index contributed by atoms with van der Waals surface area (Å²) in [5.74, 6) is -0.497. The fourth-order valence-electron chi connectivity index (χ4n) is 2.97. The van der Waals surface area contributed by atoms with Crippen LogP contribution in [0.4, 0.5) is 14.9 Å². The average Bonchev–Trinajstić information content (AvgIpc) is 2.89. The molecule has 0 bridgehead atoms. The maximum atomic E-state index is 13.5. The quantitative estimate of drug-likeness (QED) is 0.747. The molecule has 1 saturated heterocycles. The number of amides is 1. The van der Waals surface area contributed by atoms with E-state index in [0.717, 1.165) is 21.2 Å². The number of rotatable bonds is 2. The number of cyclic esters (lactones) is 1. The van der Waals surface area contributed by atoms with E-state index >= 15 is 0 Å².